The number of piperazine rings is 1. The van der Waals surface area contributed by atoms with Gasteiger partial charge in [0.15, 0.2) is 0 Å². The van der Waals surface area contributed by atoms with Crippen LogP contribution in [0.4, 0.5) is 11.8 Å². The molecule has 2 aromatic rings. The number of rotatable bonds is 6. The van der Waals surface area contributed by atoms with Crippen LogP contribution in [0.2, 0.25) is 0 Å². The third-order valence-corrected chi connectivity index (χ3v) is 12.2. The van der Waals surface area contributed by atoms with E-state index in [9.17, 15) is 8.42 Å². The third kappa shape index (κ3) is 5.02. The van der Waals surface area contributed by atoms with Gasteiger partial charge in [-0.05, 0) is 76.6 Å². The number of sulfonamides is 1. The number of benzene rings is 1. The highest BCUT2D eigenvalue weighted by atomic mass is 32.2. The molecular formula is C29H44N6O2S. The standard InChI is InChI=1S/C29H44N6O2S/c1-33(2)26-15-7-13-23-22(26)12-8-16-27(23)38(36,37)35-19-17-34(18-20-35)29-31-25-14-6-5-11-24(25)28(32-29)30-21-9-3-4-10-21/h5-6,11,14,21-23,26-27H,3-4,7-10,12-13,15-20H2,1-2H3,(H,30,31,32). The Morgan fingerprint density at radius 3 is 2.32 bits per heavy atom. The largest absolute Gasteiger partial charge is 0.367 e. The number of nitrogens with one attached hydrogen (secondary N) is 1. The van der Waals surface area contributed by atoms with Crippen molar-refractivity contribution in [3.63, 3.8) is 0 Å². The van der Waals surface area contributed by atoms with Crippen molar-refractivity contribution >= 4 is 32.7 Å². The molecule has 38 heavy (non-hydrogen) atoms. The Morgan fingerprint density at radius 2 is 1.55 bits per heavy atom. The summed E-state index contributed by atoms with van der Waals surface area (Å²) in [5.74, 6) is 2.42. The van der Waals surface area contributed by atoms with Gasteiger partial charge in [0, 0.05) is 43.6 Å². The van der Waals surface area contributed by atoms with Crippen LogP contribution in [0.5, 0.6) is 0 Å². The zero-order valence-corrected chi connectivity index (χ0v) is 23.9. The van der Waals surface area contributed by atoms with Gasteiger partial charge in [-0.2, -0.15) is 9.29 Å². The van der Waals surface area contributed by atoms with E-state index in [1.165, 1.54) is 38.5 Å². The molecule has 4 atom stereocenters. The number of hydrogen-bond donors (Lipinski definition) is 1. The molecule has 3 aliphatic carbocycles. The summed E-state index contributed by atoms with van der Waals surface area (Å²) in [4.78, 5) is 14.4. The van der Waals surface area contributed by atoms with Gasteiger partial charge in [-0.1, -0.05) is 37.8 Å². The van der Waals surface area contributed by atoms with Crippen LogP contribution in [0.15, 0.2) is 24.3 Å². The van der Waals surface area contributed by atoms with Gasteiger partial charge in [0.25, 0.3) is 0 Å². The first-order chi connectivity index (χ1) is 18.4. The van der Waals surface area contributed by atoms with Crippen LogP contribution in [0.3, 0.4) is 0 Å². The lowest BCUT2D eigenvalue weighted by Gasteiger charge is -2.48. The van der Waals surface area contributed by atoms with Crippen LogP contribution < -0.4 is 10.2 Å². The molecule has 208 valence electrons. The maximum atomic E-state index is 14.0. The molecule has 1 aromatic carbocycles. The maximum Gasteiger partial charge on any atom is 0.227 e. The first-order valence-electron chi connectivity index (χ1n) is 14.9. The number of hydrogen-bond acceptors (Lipinski definition) is 7. The summed E-state index contributed by atoms with van der Waals surface area (Å²) >= 11 is 0. The van der Waals surface area contributed by atoms with Crippen molar-refractivity contribution in [2.75, 3.05) is 50.5 Å². The zero-order chi connectivity index (χ0) is 26.3. The smallest absolute Gasteiger partial charge is 0.227 e. The summed E-state index contributed by atoms with van der Waals surface area (Å²) in [6.07, 6.45) is 11.3. The number of aromatic nitrogens is 2. The molecule has 4 unspecified atom stereocenters. The van der Waals surface area contributed by atoms with Crippen molar-refractivity contribution in [1.29, 1.82) is 0 Å². The van der Waals surface area contributed by atoms with E-state index < -0.39 is 10.0 Å². The molecule has 1 aromatic heterocycles. The first-order valence-corrected chi connectivity index (χ1v) is 16.4. The molecule has 1 saturated heterocycles. The molecule has 1 aliphatic heterocycles. The Morgan fingerprint density at radius 1 is 0.842 bits per heavy atom. The predicted molar refractivity (Wildman–Crippen MR) is 154 cm³/mol. The SMILES string of the molecule is CN(C)C1CCCC2C1CCCC2S(=O)(=O)N1CCN(c2nc(NC3CCCC3)c3ccccc3n2)CC1. The van der Waals surface area contributed by atoms with E-state index in [1.54, 1.807) is 4.31 Å². The third-order valence-electron chi connectivity index (χ3n) is 9.80. The van der Waals surface area contributed by atoms with E-state index in [1.807, 2.05) is 18.2 Å². The molecule has 6 rings (SSSR count). The minimum atomic E-state index is -3.33. The van der Waals surface area contributed by atoms with Gasteiger partial charge in [-0.25, -0.2) is 13.4 Å². The molecule has 0 spiro atoms. The molecule has 0 amide bonds. The van der Waals surface area contributed by atoms with Gasteiger partial charge >= 0.3 is 0 Å². The number of anilines is 2. The lowest BCUT2D eigenvalue weighted by Crippen LogP contribution is -2.56. The van der Waals surface area contributed by atoms with Gasteiger partial charge in [-0.15, -0.1) is 0 Å². The van der Waals surface area contributed by atoms with Crippen molar-refractivity contribution in [2.45, 2.75) is 81.5 Å². The van der Waals surface area contributed by atoms with Crippen LogP contribution in [-0.2, 0) is 10.0 Å². The molecular weight excluding hydrogens is 496 g/mol. The molecule has 8 nitrogen and oxygen atoms in total. The summed E-state index contributed by atoms with van der Waals surface area (Å²) in [6.45, 7) is 2.27. The van der Waals surface area contributed by atoms with Crippen LogP contribution in [0, 0.1) is 11.8 Å². The number of nitrogens with zero attached hydrogens (tertiary/aromatic N) is 5. The van der Waals surface area contributed by atoms with E-state index >= 15 is 0 Å². The van der Waals surface area contributed by atoms with E-state index in [2.05, 4.69) is 35.3 Å². The highest BCUT2D eigenvalue weighted by molar-refractivity contribution is 7.89. The maximum absolute atomic E-state index is 14.0. The minimum Gasteiger partial charge on any atom is -0.367 e. The van der Waals surface area contributed by atoms with Crippen LogP contribution in [-0.4, -0.2) is 85.2 Å². The van der Waals surface area contributed by atoms with E-state index in [4.69, 9.17) is 9.97 Å². The molecule has 1 N–H and O–H groups in total. The molecule has 3 saturated carbocycles. The molecule has 0 radical (unpaired) electrons. The highest BCUT2D eigenvalue weighted by Crippen LogP contribution is 2.45. The van der Waals surface area contributed by atoms with Gasteiger partial charge in [-0.3, -0.25) is 0 Å². The fourth-order valence-corrected chi connectivity index (χ4v) is 10.1. The molecule has 0 bridgehead atoms. The van der Waals surface area contributed by atoms with Crippen molar-refractivity contribution in [2.24, 2.45) is 11.8 Å². The van der Waals surface area contributed by atoms with Gasteiger partial charge in [0.05, 0.1) is 10.8 Å². The lowest BCUT2D eigenvalue weighted by atomic mass is 9.68. The lowest BCUT2D eigenvalue weighted by molar-refractivity contribution is 0.0702. The number of para-hydroxylation sites is 1. The van der Waals surface area contributed by atoms with E-state index in [-0.39, 0.29) is 5.25 Å². The predicted octanol–water partition coefficient (Wildman–Crippen LogP) is 4.34. The summed E-state index contributed by atoms with van der Waals surface area (Å²) in [6, 6.07) is 9.18. The van der Waals surface area contributed by atoms with Gasteiger partial charge < -0.3 is 15.1 Å². The minimum absolute atomic E-state index is 0.227. The normalized spacial score (nSPS) is 29.6. The fraction of sp³-hybridized carbons (Fsp3) is 0.724. The second kappa shape index (κ2) is 10.9. The zero-order valence-electron chi connectivity index (χ0n) is 23.1. The summed E-state index contributed by atoms with van der Waals surface area (Å²) in [7, 11) is 0.987. The second-order valence-corrected chi connectivity index (χ2v) is 14.4. The van der Waals surface area contributed by atoms with Crippen LogP contribution >= 0.6 is 0 Å². The topological polar surface area (TPSA) is 81.7 Å². The average molecular weight is 541 g/mol. The van der Waals surface area contributed by atoms with Gasteiger partial charge in [0.1, 0.15) is 5.82 Å². The Kier molecular flexibility index (Phi) is 7.53. The van der Waals surface area contributed by atoms with Crippen molar-refractivity contribution in [1.82, 2.24) is 19.2 Å². The molecule has 2 heterocycles. The summed E-state index contributed by atoms with van der Waals surface area (Å²) in [5, 5.41) is 4.52. The van der Waals surface area contributed by atoms with Gasteiger partial charge in [0.2, 0.25) is 16.0 Å². The van der Waals surface area contributed by atoms with Crippen LogP contribution in [0.25, 0.3) is 10.9 Å². The fourth-order valence-electron chi connectivity index (χ4n) is 7.84. The Labute approximate surface area is 228 Å². The summed E-state index contributed by atoms with van der Waals surface area (Å²) in [5.41, 5.74) is 0.939. The monoisotopic (exact) mass is 540 g/mol. The summed E-state index contributed by atoms with van der Waals surface area (Å²) < 4.78 is 29.8. The molecule has 4 aliphatic rings. The Hall–Kier alpha value is -1.97. The number of fused-ring (bicyclic) bond motifs is 2. The Balaban J connectivity index is 1.17. The van der Waals surface area contributed by atoms with E-state index in [0.29, 0.717) is 56.0 Å². The highest BCUT2D eigenvalue weighted by Gasteiger charge is 2.47. The van der Waals surface area contributed by atoms with Crippen LogP contribution in [0.1, 0.15) is 64.2 Å². The van der Waals surface area contributed by atoms with Crippen molar-refractivity contribution < 1.29 is 8.42 Å². The Bertz CT molecular complexity index is 1220. The second-order valence-electron chi connectivity index (χ2n) is 12.2. The van der Waals surface area contributed by atoms with Crippen molar-refractivity contribution in [3.8, 4) is 0 Å². The first kappa shape index (κ1) is 26.3. The van der Waals surface area contributed by atoms with Crippen molar-refractivity contribution in [3.05, 3.63) is 24.3 Å². The molecule has 9 heteroatoms. The quantitative estimate of drug-likeness (QED) is 0.584. The van der Waals surface area contributed by atoms with E-state index in [0.717, 1.165) is 42.4 Å². The average Bonchev–Trinajstić information content (AvgIpc) is 3.45. The molecule has 4 fully saturated rings.